The summed E-state index contributed by atoms with van der Waals surface area (Å²) in [7, 11) is 0. The Morgan fingerprint density at radius 1 is 1.10 bits per heavy atom. The molecule has 1 heterocycles. The number of benzene rings is 1. The first-order valence-corrected chi connectivity index (χ1v) is 9.53. The van der Waals surface area contributed by atoms with Gasteiger partial charge in [0.15, 0.2) is 0 Å². The second-order valence-electron chi connectivity index (χ2n) is 7.43. The van der Waals surface area contributed by atoms with E-state index in [2.05, 4.69) is 10.3 Å². The lowest BCUT2D eigenvalue weighted by Gasteiger charge is -2.14. The third-order valence-corrected chi connectivity index (χ3v) is 5.05. The SMILES string of the molecule is CC(Cc1c[nH]c2ccccc12)C(=O)NCC1=CC(C(F)(F)F)=CCC(C(F)(F)F)=C1. The van der Waals surface area contributed by atoms with E-state index in [1.165, 1.54) is 0 Å². The summed E-state index contributed by atoms with van der Waals surface area (Å²) in [6.07, 6.45) is -6.47. The third-order valence-electron chi connectivity index (χ3n) is 5.05. The Balaban J connectivity index is 1.71. The number of hydrogen-bond acceptors (Lipinski definition) is 1. The number of alkyl halides is 6. The van der Waals surface area contributed by atoms with Crippen molar-refractivity contribution in [2.75, 3.05) is 6.54 Å². The number of fused-ring (bicyclic) bond motifs is 1. The first kappa shape index (κ1) is 22.7. The summed E-state index contributed by atoms with van der Waals surface area (Å²) >= 11 is 0. The minimum Gasteiger partial charge on any atom is -0.361 e. The van der Waals surface area contributed by atoms with E-state index in [9.17, 15) is 31.1 Å². The minimum absolute atomic E-state index is 0.263. The second-order valence-corrected chi connectivity index (χ2v) is 7.43. The lowest BCUT2D eigenvalue weighted by atomic mass is 9.99. The topological polar surface area (TPSA) is 44.9 Å². The molecule has 166 valence electrons. The van der Waals surface area contributed by atoms with Crippen LogP contribution in [0.5, 0.6) is 0 Å². The molecule has 1 aliphatic carbocycles. The highest BCUT2D eigenvalue weighted by Crippen LogP contribution is 2.35. The normalized spacial score (nSPS) is 16.3. The van der Waals surface area contributed by atoms with Gasteiger partial charge in [0, 0.05) is 35.1 Å². The number of carbonyl (C=O) groups excluding carboxylic acids is 1. The van der Waals surface area contributed by atoms with Gasteiger partial charge in [0.2, 0.25) is 5.91 Å². The van der Waals surface area contributed by atoms with Crippen LogP contribution in [0, 0.1) is 5.92 Å². The fraction of sp³-hybridized carbons (Fsp3) is 0.318. The highest BCUT2D eigenvalue weighted by atomic mass is 19.4. The molecule has 0 saturated heterocycles. The average Bonchev–Trinajstić information content (AvgIpc) is 2.93. The zero-order valence-electron chi connectivity index (χ0n) is 16.5. The van der Waals surface area contributed by atoms with Gasteiger partial charge in [0.05, 0.1) is 5.57 Å². The molecular formula is C22H20F6N2O. The Morgan fingerprint density at radius 2 is 1.81 bits per heavy atom. The van der Waals surface area contributed by atoms with Crippen LogP contribution in [0.2, 0.25) is 0 Å². The first-order chi connectivity index (χ1) is 14.4. The van der Waals surface area contributed by atoms with Gasteiger partial charge in [0.1, 0.15) is 0 Å². The molecule has 0 saturated carbocycles. The molecule has 3 nitrogen and oxygen atoms in total. The molecule has 1 atom stereocenters. The van der Waals surface area contributed by atoms with E-state index in [1.54, 1.807) is 13.1 Å². The molecule has 9 heteroatoms. The number of para-hydroxylation sites is 1. The smallest absolute Gasteiger partial charge is 0.361 e. The van der Waals surface area contributed by atoms with Gasteiger partial charge < -0.3 is 10.3 Å². The summed E-state index contributed by atoms with van der Waals surface area (Å²) < 4.78 is 78.5. The van der Waals surface area contributed by atoms with Crippen molar-refractivity contribution in [1.29, 1.82) is 0 Å². The van der Waals surface area contributed by atoms with E-state index in [4.69, 9.17) is 0 Å². The largest absolute Gasteiger partial charge is 0.416 e. The van der Waals surface area contributed by atoms with Crippen LogP contribution in [-0.4, -0.2) is 29.8 Å². The highest BCUT2D eigenvalue weighted by molar-refractivity contribution is 5.84. The van der Waals surface area contributed by atoms with Crippen molar-refractivity contribution >= 4 is 16.8 Å². The molecule has 1 amide bonds. The van der Waals surface area contributed by atoms with Gasteiger partial charge in [-0.3, -0.25) is 4.79 Å². The fourth-order valence-corrected chi connectivity index (χ4v) is 3.39. The van der Waals surface area contributed by atoms with Crippen LogP contribution >= 0.6 is 0 Å². The fourth-order valence-electron chi connectivity index (χ4n) is 3.39. The van der Waals surface area contributed by atoms with Crippen LogP contribution in [0.25, 0.3) is 10.9 Å². The van der Waals surface area contributed by atoms with Crippen LogP contribution in [0.15, 0.2) is 65.4 Å². The Hall–Kier alpha value is -2.97. The van der Waals surface area contributed by atoms with Gasteiger partial charge in [-0.15, -0.1) is 0 Å². The summed E-state index contributed by atoms with van der Waals surface area (Å²) in [6.45, 7) is 1.21. The molecule has 0 fully saturated rings. The number of H-pyrrole nitrogens is 1. The number of aromatic nitrogens is 1. The summed E-state index contributed by atoms with van der Waals surface area (Å²) in [5.41, 5.74) is -0.724. The zero-order chi connectivity index (χ0) is 22.8. The van der Waals surface area contributed by atoms with E-state index >= 15 is 0 Å². The van der Waals surface area contributed by atoms with Crippen molar-refractivity contribution in [3.05, 3.63) is 71.0 Å². The Kier molecular flexibility index (Phi) is 6.33. The molecular weight excluding hydrogens is 422 g/mol. The monoisotopic (exact) mass is 442 g/mol. The van der Waals surface area contributed by atoms with Crippen molar-refractivity contribution in [3.8, 4) is 0 Å². The van der Waals surface area contributed by atoms with Crippen molar-refractivity contribution in [2.45, 2.75) is 32.1 Å². The maximum absolute atomic E-state index is 13.1. The number of allylic oxidation sites excluding steroid dienone is 4. The number of carbonyl (C=O) groups is 1. The lowest BCUT2D eigenvalue weighted by molar-refractivity contribution is -0.124. The molecule has 0 radical (unpaired) electrons. The standard InChI is InChI=1S/C22H20F6N2O/c1-13(8-15-12-29-19-5-3-2-4-18(15)19)20(31)30-11-14-9-16(21(23,24)25)6-7-17(10-14)22(26,27)28/h2-6,9-10,12-13,29H,7-8,11H2,1H3,(H,30,31). The molecule has 31 heavy (non-hydrogen) atoms. The Bertz CT molecular complexity index is 1060. The van der Waals surface area contributed by atoms with Gasteiger partial charge in [-0.05, 0) is 42.2 Å². The van der Waals surface area contributed by atoms with Gasteiger partial charge in [0.25, 0.3) is 0 Å². The van der Waals surface area contributed by atoms with Gasteiger partial charge >= 0.3 is 12.4 Å². The van der Waals surface area contributed by atoms with E-state index in [1.807, 2.05) is 24.3 Å². The van der Waals surface area contributed by atoms with Crippen LogP contribution in [0.3, 0.4) is 0 Å². The first-order valence-electron chi connectivity index (χ1n) is 9.53. The third kappa shape index (κ3) is 5.59. The minimum atomic E-state index is -4.78. The molecule has 1 aromatic carbocycles. The molecule has 1 unspecified atom stereocenters. The maximum atomic E-state index is 13.1. The zero-order valence-corrected chi connectivity index (χ0v) is 16.5. The summed E-state index contributed by atoms with van der Waals surface area (Å²) in [5, 5.41) is 3.41. The van der Waals surface area contributed by atoms with Crippen LogP contribution in [-0.2, 0) is 11.2 Å². The average molecular weight is 442 g/mol. The van der Waals surface area contributed by atoms with E-state index in [0.29, 0.717) is 24.6 Å². The summed E-state index contributed by atoms with van der Waals surface area (Å²) in [5.74, 6) is -0.996. The summed E-state index contributed by atoms with van der Waals surface area (Å²) in [6, 6.07) is 7.51. The van der Waals surface area contributed by atoms with E-state index < -0.39 is 48.3 Å². The number of nitrogens with one attached hydrogen (secondary N) is 2. The Labute approximate surface area is 174 Å². The predicted octanol–water partition coefficient (Wildman–Crippen LogP) is 5.77. The number of hydrogen-bond donors (Lipinski definition) is 2. The molecule has 0 bridgehead atoms. The maximum Gasteiger partial charge on any atom is 0.416 e. The molecule has 0 aliphatic heterocycles. The van der Waals surface area contributed by atoms with Gasteiger partial charge in [-0.1, -0.05) is 31.2 Å². The van der Waals surface area contributed by atoms with Crippen molar-refractivity contribution < 1.29 is 31.1 Å². The molecule has 1 aromatic heterocycles. The predicted molar refractivity (Wildman–Crippen MR) is 105 cm³/mol. The highest BCUT2D eigenvalue weighted by Gasteiger charge is 2.37. The van der Waals surface area contributed by atoms with Gasteiger partial charge in [-0.2, -0.15) is 26.3 Å². The van der Waals surface area contributed by atoms with Crippen molar-refractivity contribution in [1.82, 2.24) is 10.3 Å². The number of aromatic amines is 1. The van der Waals surface area contributed by atoms with Crippen molar-refractivity contribution in [3.63, 3.8) is 0 Å². The summed E-state index contributed by atoms with van der Waals surface area (Å²) in [4.78, 5) is 15.6. The van der Waals surface area contributed by atoms with E-state index in [0.717, 1.165) is 16.5 Å². The number of rotatable bonds is 5. The van der Waals surface area contributed by atoms with Gasteiger partial charge in [-0.25, -0.2) is 0 Å². The van der Waals surface area contributed by atoms with E-state index in [-0.39, 0.29) is 5.57 Å². The molecule has 2 aromatic rings. The van der Waals surface area contributed by atoms with Crippen LogP contribution in [0.4, 0.5) is 26.3 Å². The van der Waals surface area contributed by atoms with Crippen LogP contribution in [0.1, 0.15) is 18.9 Å². The molecule has 2 N–H and O–H groups in total. The number of halogens is 6. The molecule has 1 aliphatic rings. The quantitative estimate of drug-likeness (QED) is 0.568. The second kappa shape index (κ2) is 8.64. The van der Waals surface area contributed by atoms with Crippen molar-refractivity contribution in [2.24, 2.45) is 5.92 Å². The van der Waals surface area contributed by atoms with Crippen LogP contribution < -0.4 is 5.32 Å². The number of amides is 1. The molecule has 0 spiro atoms. The Morgan fingerprint density at radius 3 is 2.48 bits per heavy atom. The lowest BCUT2D eigenvalue weighted by Crippen LogP contribution is -2.31. The molecule has 3 rings (SSSR count).